The molecule has 5 rings (SSSR count). The molecule has 4 fully saturated rings. The van der Waals surface area contributed by atoms with E-state index in [1.54, 1.807) is 31.0 Å². The summed E-state index contributed by atoms with van der Waals surface area (Å²) in [4.78, 5) is 29.2. The lowest BCUT2D eigenvalue weighted by Crippen LogP contribution is -2.62. The molecule has 4 saturated carbocycles. The van der Waals surface area contributed by atoms with Crippen molar-refractivity contribution in [2.24, 2.45) is 17.8 Å². The number of carbonyl (C=O) groups is 2. The maximum atomic E-state index is 13.5. The summed E-state index contributed by atoms with van der Waals surface area (Å²) >= 11 is 0. The Morgan fingerprint density at radius 2 is 1.60 bits per heavy atom. The predicted molar refractivity (Wildman–Crippen MR) is 112 cm³/mol. The fourth-order valence-corrected chi connectivity index (χ4v) is 6.49. The van der Waals surface area contributed by atoms with E-state index >= 15 is 0 Å². The van der Waals surface area contributed by atoms with E-state index in [9.17, 15) is 14.0 Å². The molecule has 5 nitrogen and oxygen atoms in total. The fourth-order valence-electron chi connectivity index (χ4n) is 6.49. The minimum Gasteiger partial charge on any atom is -0.465 e. The first-order valence-corrected chi connectivity index (χ1v) is 11.3. The first kappa shape index (κ1) is 21.3. The minimum atomic E-state index is -0.312. The lowest BCUT2D eigenvalue weighted by atomic mass is 9.52. The van der Waals surface area contributed by atoms with Crippen LogP contribution in [-0.2, 0) is 20.9 Å². The molecule has 0 spiro atoms. The molecule has 0 atom stereocenters. The summed E-state index contributed by atoms with van der Waals surface area (Å²) in [6.45, 7) is 2.90. The Kier molecular flexibility index (Phi) is 6.14. The number of ether oxygens (including phenoxy) is 1. The van der Waals surface area contributed by atoms with E-state index in [4.69, 9.17) is 4.74 Å². The zero-order chi connectivity index (χ0) is 21.3. The average Bonchev–Trinajstić information content (AvgIpc) is 2.66. The van der Waals surface area contributed by atoms with Crippen LogP contribution in [0, 0.1) is 23.6 Å². The standard InChI is InChI=1S/C24H33FN2O3/c1-3-30-23(29)16-26(2)15-22(28)27(14-17-4-6-21(25)7-5-17)24-11-18-8-19(12-24)10-20(9-18)13-24/h4-7,18-20H,3,8-16H2,1-2H3. The molecule has 0 heterocycles. The molecule has 4 aliphatic carbocycles. The molecule has 30 heavy (non-hydrogen) atoms. The first-order valence-electron chi connectivity index (χ1n) is 11.3. The Labute approximate surface area is 178 Å². The predicted octanol–water partition coefficient (Wildman–Crippen LogP) is 3.62. The molecule has 1 amide bonds. The van der Waals surface area contributed by atoms with Crippen LogP contribution >= 0.6 is 0 Å². The van der Waals surface area contributed by atoms with Gasteiger partial charge in [0.1, 0.15) is 5.82 Å². The molecular weight excluding hydrogens is 383 g/mol. The number of esters is 1. The topological polar surface area (TPSA) is 49.9 Å². The average molecular weight is 417 g/mol. The van der Waals surface area contributed by atoms with E-state index in [0.717, 1.165) is 42.6 Å². The van der Waals surface area contributed by atoms with E-state index in [0.29, 0.717) is 13.2 Å². The van der Waals surface area contributed by atoms with Crippen LogP contribution in [0.1, 0.15) is 51.0 Å². The zero-order valence-corrected chi connectivity index (χ0v) is 18.1. The minimum absolute atomic E-state index is 0.0491. The molecular formula is C24H33FN2O3. The van der Waals surface area contributed by atoms with Crippen molar-refractivity contribution in [1.29, 1.82) is 0 Å². The second-order valence-corrected chi connectivity index (χ2v) is 9.73. The van der Waals surface area contributed by atoms with Crippen molar-refractivity contribution in [2.45, 2.75) is 57.5 Å². The highest BCUT2D eigenvalue weighted by molar-refractivity contribution is 5.80. The number of carbonyl (C=O) groups excluding carboxylic acids is 2. The van der Waals surface area contributed by atoms with Gasteiger partial charge in [0.2, 0.25) is 5.91 Å². The lowest BCUT2D eigenvalue weighted by Gasteiger charge is -2.60. The highest BCUT2D eigenvalue weighted by atomic mass is 19.1. The summed E-state index contributed by atoms with van der Waals surface area (Å²) in [5.41, 5.74) is 0.860. The first-order chi connectivity index (χ1) is 14.4. The van der Waals surface area contributed by atoms with Crippen molar-refractivity contribution < 1.29 is 18.7 Å². The Morgan fingerprint density at radius 3 is 2.13 bits per heavy atom. The van der Waals surface area contributed by atoms with E-state index in [1.807, 2.05) is 0 Å². The molecule has 6 heteroatoms. The quantitative estimate of drug-likeness (QED) is 0.608. The molecule has 1 aromatic carbocycles. The van der Waals surface area contributed by atoms with Gasteiger partial charge in [-0.2, -0.15) is 0 Å². The number of amides is 1. The lowest BCUT2D eigenvalue weighted by molar-refractivity contribution is -0.154. The third kappa shape index (κ3) is 4.53. The van der Waals surface area contributed by atoms with Crippen LogP contribution < -0.4 is 0 Å². The monoisotopic (exact) mass is 416 g/mol. The molecule has 0 unspecified atom stereocenters. The van der Waals surface area contributed by atoms with Gasteiger partial charge < -0.3 is 9.64 Å². The van der Waals surface area contributed by atoms with Gasteiger partial charge in [0.15, 0.2) is 0 Å². The fraction of sp³-hybridized carbons (Fsp3) is 0.667. The second-order valence-electron chi connectivity index (χ2n) is 9.73. The summed E-state index contributed by atoms with van der Waals surface area (Å²) in [7, 11) is 1.78. The van der Waals surface area contributed by atoms with Gasteiger partial charge in [-0.25, -0.2) is 4.39 Å². The van der Waals surface area contributed by atoms with Crippen LogP contribution in [0.5, 0.6) is 0 Å². The highest BCUT2D eigenvalue weighted by Crippen LogP contribution is 2.58. The number of hydrogen-bond acceptors (Lipinski definition) is 4. The zero-order valence-electron chi connectivity index (χ0n) is 18.1. The van der Waals surface area contributed by atoms with Crippen LogP contribution in [0.15, 0.2) is 24.3 Å². The second kappa shape index (κ2) is 8.66. The molecule has 0 aromatic heterocycles. The number of nitrogens with zero attached hydrogens (tertiary/aromatic N) is 2. The van der Waals surface area contributed by atoms with Crippen LogP contribution in [0.25, 0.3) is 0 Å². The van der Waals surface area contributed by atoms with Gasteiger partial charge in [-0.05, 0) is 87.9 Å². The molecule has 1 aromatic rings. The largest absolute Gasteiger partial charge is 0.465 e. The smallest absolute Gasteiger partial charge is 0.320 e. The van der Waals surface area contributed by atoms with Gasteiger partial charge in [0, 0.05) is 12.1 Å². The Bertz CT molecular complexity index is 744. The molecule has 0 saturated heterocycles. The Hall–Kier alpha value is -1.95. The summed E-state index contributed by atoms with van der Waals surface area (Å²) in [5.74, 6) is 1.63. The number of rotatable bonds is 8. The van der Waals surface area contributed by atoms with E-state index in [-0.39, 0.29) is 36.3 Å². The summed E-state index contributed by atoms with van der Waals surface area (Å²) < 4.78 is 18.4. The maximum Gasteiger partial charge on any atom is 0.320 e. The number of likely N-dealkylation sites (N-methyl/N-ethyl adjacent to an activating group) is 1. The third-order valence-electron chi connectivity index (χ3n) is 7.24. The maximum absolute atomic E-state index is 13.5. The summed E-state index contributed by atoms with van der Waals surface area (Å²) in [5, 5.41) is 0. The Morgan fingerprint density at radius 1 is 1.03 bits per heavy atom. The van der Waals surface area contributed by atoms with E-state index in [1.165, 1.54) is 31.4 Å². The van der Waals surface area contributed by atoms with Crippen molar-refractivity contribution in [2.75, 3.05) is 26.7 Å². The molecule has 0 aliphatic heterocycles. The van der Waals surface area contributed by atoms with Crippen LogP contribution in [0.2, 0.25) is 0 Å². The molecule has 4 aliphatic rings. The van der Waals surface area contributed by atoms with Crippen molar-refractivity contribution in [3.63, 3.8) is 0 Å². The van der Waals surface area contributed by atoms with Crippen LogP contribution in [0.3, 0.4) is 0 Å². The van der Waals surface area contributed by atoms with Gasteiger partial charge >= 0.3 is 5.97 Å². The van der Waals surface area contributed by atoms with Crippen molar-refractivity contribution in [3.05, 3.63) is 35.6 Å². The molecule has 0 N–H and O–H groups in total. The van der Waals surface area contributed by atoms with Gasteiger partial charge in [0.05, 0.1) is 19.7 Å². The number of hydrogen-bond donors (Lipinski definition) is 0. The molecule has 0 radical (unpaired) electrons. The van der Waals surface area contributed by atoms with E-state index < -0.39 is 0 Å². The number of halogens is 1. The van der Waals surface area contributed by atoms with Crippen molar-refractivity contribution >= 4 is 11.9 Å². The van der Waals surface area contributed by atoms with Gasteiger partial charge in [-0.15, -0.1) is 0 Å². The van der Waals surface area contributed by atoms with Crippen molar-refractivity contribution in [3.8, 4) is 0 Å². The van der Waals surface area contributed by atoms with Gasteiger partial charge in [0.25, 0.3) is 0 Å². The SMILES string of the molecule is CCOC(=O)CN(C)CC(=O)N(Cc1ccc(F)cc1)C12CC3CC(CC(C3)C1)C2. The summed E-state index contributed by atoms with van der Waals surface area (Å²) in [6.07, 6.45) is 7.15. The van der Waals surface area contributed by atoms with Crippen LogP contribution in [-0.4, -0.2) is 54.0 Å². The van der Waals surface area contributed by atoms with Crippen molar-refractivity contribution in [1.82, 2.24) is 9.80 Å². The van der Waals surface area contributed by atoms with E-state index in [2.05, 4.69) is 4.90 Å². The Balaban J connectivity index is 1.53. The normalized spacial score (nSPS) is 29.3. The summed E-state index contributed by atoms with van der Waals surface area (Å²) in [6, 6.07) is 6.48. The third-order valence-corrected chi connectivity index (χ3v) is 7.24. The van der Waals surface area contributed by atoms with Gasteiger partial charge in [-0.1, -0.05) is 12.1 Å². The number of benzene rings is 1. The van der Waals surface area contributed by atoms with Crippen LogP contribution in [0.4, 0.5) is 4.39 Å². The highest BCUT2D eigenvalue weighted by Gasteiger charge is 2.54. The molecule has 164 valence electrons. The van der Waals surface area contributed by atoms with Gasteiger partial charge in [-0.3, -0.25) is 14.5 Å². The molecule has 4 bridgehead atoms.